The van der Waals surface area contributed by atoms with Crippen LogP contribution in [0.1, 0.15) is 80.5 Å². The second kappa shape index (κ2) is 6.43. The number of hydrogen-bond donors (Lipinski definition) is 0. The van der Waals surface area contributed by atoms with Crippen LogP contribution in [0.2, 0.25) is 0 Å². The highest BCUT2D eigenvalue weighted by Crippen LogP contribution is 2.66. The van der Waals surface area contributed by atoms with E-state index in [2.05, 4.69) is 20.8 Å². The van der Waals surface area contributed by atoms with E-state index >= 15 is 0 Å². The topological polar surface area (TPSA) is 63.7 Å². The van der Waals surface area contributed by atoms with Gasteiger partial charge in [-0.3, -0.25) is 14.5 Å². The Kier molecular flexibility index (Phi) is 4.40. The zero-order valence-corrected chi connectivity index (χ0v) is 17.2. The molecule has 150 valence electrons. The van der Waals surface area contributed by atoms with Crippen LogP contribution in [-0.4, -0.2) is 34.8 Å². The Labute approximate surface area is 166 Å². The number of nitrogens with zero attached hydrogens (tertiary/aromatic N) is 1. The molecule has 0 saturated heterocycles. The van der Waals surface area contributed by atoms with Gasteiger partial charge >= 0.3 is 5.97 Å². The lowest BCUT2D eigenvalue weighted by atomic mass is 9.70. The van der Waals surface area contributed by atoms with Crippen molar-refractivity contribution in [2.45, 2.75) is 71.9 Å². The van der Waals surface area contributed by atoms with Crippen LogP contribution >= 0.6 is 0 Å². The van der Waals surface area contributed by atoms with E-state index in [0.29, 0.717) is 29.9 Å². The predicted molar refractivity (Wildman–Crippen MR) is 105 cm³/mol. The molecule has 0 unspecified atom stereocenters. The molecule has 28 heavy (non-hydrogen) atoms. The van der Waals surface area contributed by atoms with Gasteiger partial charge in [0.2, 0.25) is 0 Å². The standard InChI is InChI=1S/C23H29NO4/c1-5-8-17(24-19(25)15-9-6-7-10-16(15)20(24)26)21(27)28-18-13-14-11-12-23(18,4)22(14,2)3/h6-7,9-10,14,17-18H,5,8,11-13H2,1-4H3/t14-,17-,18+,23+/m0/s1. The Morgan fingerprint density at radius 3 is 2.25 bits per heavy atom. The first-order chi connectivity index (χ1) is 13.2. The first kappa shape index (κ1) is 19.2. The normalized spacial score (nSPS) is 31.2. The van der Waals surface area contributed by atoms with Crippen molar-refractivity contribution in [2.75, 3.05) is 0 Å². The molecule has 3 aliphatic rings. The van der Waals surface area contributed by atoms with Gasteiger partial charge in [0.05, 0.1) is 11.1 Å². The molecule has 4 rings (SSSR count). The number of rotatable bonds is 5. The Morgan fingerprint density at radius 1 is 1.18 bits per heavy atom. The lowest BCUT2D eigenvalue weighted by molar-refractivity contribution is -0.161. The van der Waals surface area contributed by atoms with Crippen LogP contribution in [0.25, 0.3) is 0 Å². The van der Waals surface area contributed by atoms with E-state index in [0.717, 1.165) is 17.7 Å². The Morgan fingerprint density at radius 2 is 1.79 bits per heavy atom. The van der Waals surface area contributed by atoms with Crippen molar-refractivity contribution in [3.63, 3.8) is 0 Å². The van der Waals surface area contributed by atoms with Crippen LogP contribution in [0.3, 0.4) is 0 Å². The Hall–Kier alpha value is -2.17. The van der Waals surface area contributed by atoms with Gasteiger partial charge in [-0.1, -0.05) is 46.2 Å². The number of hydrogen-bond acceptors (Lipinski definition) is 4. The molecule has 1 heterocycles. The molecule has 2 fully saturated rings. The minimum Gasteiger partial charge on any atom is -0.460 e. The van der Waals surface area contributed by atoms with Crippen LogP contribution in [-0.2, 0) is 9.53 Å². The Bertz CT molecular complexity index is 810. The van der Waals surface area contributed by atoms with E-state index in [9.17, 15) is 14.4 Å². The van der Waals surface area contributed by atoms with Crippen molar-refractivity contribution in [1.29, 1.82) is 0 Å². The lowest BCUT2D eigenvalue weighted by Gasteiger charge is -2.39. The average molecular weight is 383 g/mol. The van der Waals surface area contributed by atoms with Crippen LogP contribution in [0.5, 0.6) is 0 Å². The SMILES string of the molecule is CCC[C@@H](C(=O)O[C@@H]1C[C@@H]2CC[C@@]1(C)C2(C)C)N1C(=O)c2ccccc2C1=O. The van der Waals surface area contributed by atoms with Crippen LogP contribution in [0.15, 0.2) is 24.3 Å². The van der Waals surface area contributed by atoms with Crippen molar-refractivity contribution in [3.05, 3.63) is 35.4 Å². The van der Waals surface area contributed by atoms with Crippen molar-refractivity contribution >= 4 is 17.8 Å². The molecule has 2 amide bonds. The van der Waals surface area contributed by atoms with E-state index in [-0.39, 0.29) is 16.9 Å². The third-order valence-corrected chi connectivity index (χ3v) is 7.94. The summed E-state index contributed by atoms with van der Waals surface area (Å²) in [5.74, 6) is -0.670. The third kappa shape index (κ3) is 2.48. The summed E-state index contributed by atoms with van der Waals surface area (Å²) < 4.78 is 6.02. The number of esters is 1. The molecule has 0 N–H and O–H groups in total. The quantitative estimate of drug-likeness (QED) is 0.564. The van der Waals surface area contributed by atoms with Crippen LogP contribution < -0.4 is 0 Å². The van der Waals surface area contributed by atoms with Crippen molar-refractivity contribution in [3.8, 4) is 0 Å². The highest BCUT2D eigenvalue weighted by Gasteiger charge is 2.63. The molecule has 2 saturated carbocycles. The second-order valence-corrected chi connectivity index (χ2v) is 9.37. The molecule has 4 atom stereocenters. The molecule has 2 aliphatic carbocycles. The fraction of sp³-hybridized carbons (Fsp3) is 0.609. The molecule has 1 aromatic rings. The Balaban J connectivity index is 1.57. The van der Waals surface area contributed by atoms with Gasteiger partial charge in [0.25, 0.3) is 11.8 Å². The highest BCUT2D eigenvalue weighted by atomic mass is 16.5. The van der Waals surface area contributed by atoms with Gasteiger partial charge in [-0.25, -0.2) is 4.79 Å². The number of ether oxygens (including phenoxy) is 1. The maximum atomic E-state index is 13.2. The molecule has 5 nitrogen and oxygen atoms in total. The highest BCUT2D eigenvalue weighted by molar-refractivity contribution is 6.22. The van der Waals surface area contributed by atoms with Crippen LogP contribution in [0.4, 0.5) is 0 Å². The summed E-state index contributed by atoms with van der Waals surface area (Å²) in [6.45, 7) is 8.70. The number of carbonyl (C=O) groups excluding carboxylic acids is 3. The first-order valence-corrected chi connectivity index (χ1v) is 10.4. The summed E-state index contributed by atoms with van der Waals surface area (Å²) in [6.07, 6.45) is 4.05. The van der Waals surface area contributed by atoms with Gasteiger partial charge in [0, 0.05) is 5.41 Å². The van der Waals surface area contributed by atoms with E-state index in [1.54, 1.807) is 24.3 Å². The first-order valence-electron chi connectivity index (χ1n) is 10.4. The maximum absolute atomic E-state index is 13.2. The minimum atomic E-state index is -0.858. The van der Waals surface area contributed by atoms with Gasteiger partial charge in [0.1, 0.15) is 12.1 Å². The predicted octanol–water partition coefficient (Wildman–Crippen LogP) is 4.21. The molecule has 0 spiro atoms. The molecule has 2 bridgehead atoms. The maximum Gasteiger partial charge on any atom is 0.329 e. The smallest absolute Gasteiger partial charge is 0.329 e. The summed E-state index contributed by atoms with van der Waals surface area (Å²) >= 11 is 0. The summed E-state index contributed by atoms with van der Waals surface area (Å²) in [5.41, 5.74) is 0.823. The van der Waals surface area contributed by atoms with Crippen LogP contribution in [0, 0.1) is 16.7 Å². The summed E-state index contributed by atoms with van der Waals surface area (Å²) in [4.78, 5) is 40.0. The number of imide groups is 1. The summed E-state index contributed by atoms with van der Waals surface area (Å²) in [7, 11) is 0. The van der Waals surface area contributed by atoms with Crippen molar-refractivity contribution < 1.29 is 19.1 Å². The molecule has 0 radical (unpaired) electrons. The van der Waals surface area contributed by atoms with Gasteiger partial charge in [-0.15, -0.1) is 0 Å². The molecular weight excluding hydrogens is 354 g/mol. The number of fused-ring (bicyclic) bond motifs is 3. The molecular formula is C23H29NO4. The lowest BCUT2D eigenvalue weighted by Crippen LogP contribution is -2.48. The van der Waals surface area contributed by atoms with E-state index in [4.69, 9.17) is 4.74 Å². The summed E-state index contributed by atoms with van der Waals surface area (Å²) in [5, 5.41) is 0. The van der Waals surface area contributed by atoms with Gasteiger partial charge in [-0.05, 0) is 49.1 Å². The molecule has 1 aromatic carbocycles. The van der Waals surface area contributed by atoms with Gasteiger partial charge in [-0.2, -0.15) is 0 Å². The number of benzene rings is 1. The van der Waals surface area contributed by atoms with Crippen molar-refractivity contribution in [1.82, 2.24) is 4.90 Å². The fourth-order valence-corrected chi connectivity index (χ4v) is 5.64. The van der Waals surface area contributed by atoms with Crippen molar-refractivity contribution in [2.24, 2.45) is 16.7 Å². The van der Waals surface area contributed by atoms with Gasteiger partial charge in [0.15, 0.2) is 0 Å². The van der Waals surface area contributed by atoms with E-state index in [1.807, 2.05) is 6.92 Å². The minimum absolute atomic E-state index is 0.0495. The third-order valence-electron chi connectivity index (χ3n) is 7.94. The average Bonchev–Trinajstić information content (AvgIpc) is 3.12. The molecule has 1 aliphatic heterocycles. The zero-order chi connectivity index (χ0) is 20.3. The molecule has 5 heteroatoms. The number of amides is 2. The van der Waals surface area contributed by atoms with Gasteiger partial charge < -0.3 is 4.74 Å². The largest absolute Gasteiger partial charge is 0.460 e. The summed E-state index contributed by atoms with van der Waals surface area (Å²) in [6, 6.07) is 5.90. The number of carbonyl (C=O) groups is 3. The van der Waals surface area contributed by atoms with E-state index in [1.165, 1.54) is 6.42 Å². The van der Waals surface area contributed by atoms with E-state index < -0.39 is 23.8 Å². The fourth-order valence-electron chi connectivity index (χ4n) is 5.64. The monoisotopic (exact) mass is 383 g/mol. The molecule has 0 aromatic heterocycles. The zero-order valence-electron chi connectivity index (χ0n) is 17.2. The second-order valence-electron chi connectivity index (χ2n) is 9.37.